The Kier molecular flexibility index (Phi) is 6.33. The topological polar surface area (TPSA) is 80.0 Å². The van der Waals surface area contributed by atoms with Gasteiger partial charge in [0.1, 0.15) is 6.04 Å². The van der Waals surface area contributed by atoms with Crippen LogP contribution in [0, 0.1) is 6.92 Å². The number of halogens is 5. The zero-order valence-electron chi connectivity index (χ0n) is 13.5. The van der Waals surface area contributed by atoms with E-state index < -0.39 is 18.2 Å². The first-order valence-electron chi connectivity index (χ1n) is 7.35. The minimum Gasteiger partial charge on any atom is -0.334 e. The summed E-state index contributed by atoms with van der Waals surface area (Å²) in [4.78, 5) is 16.1. The number of hydrogen-bond donors (Lipinski definition) is 3. The van der Waals surface area contributed by atoms with Crippen molar-refractivity contribution in [2.75, 3.05) is 5.32 Å². The summed E-state index contributed by atoms with van der Waals surface area (Å²) in [5.41, 5.74) is 6.44. The zero-order valence-corrected chi connectivity index (χ0v) is 15.0. The molecule has 10 heteroatoms. The van der Waals surface area contributed by atoms with Crippen LogP contribution < -0.4 is 16.4 Å². The number of benzene rings is 1. The van der Waals surface area contributed by atoms with E-state index in [-0.39, 0.29) is 27.8 Å². The third-order valence-electron chi connectivity index (χ3n) is 3.44. The number of alkyl halides is 3. The van der Waals surface area contributed by atoms with E-state index in [9.17, 15) is 18.0 Å². The van der Waals surface area contributed by atoms with Gasteiger partial charge in [-0.1, -0.05) is 29.3 Å². The fourth-order valence-corrected chi connectivity index (χ4v) is 2.62. The van der Waals surface area contributed by atoms with E-state index in [1.807, 2.05) is 6.92 Å². The lowest BCUT2D eigenvalue weighted by molar-refractivity contribution is -0.149. The van der Waals surface area contributed by atoms with Gasteiger partial charge in [0.05, 0.1) is 15.7 Å². The monoisotopic (exact) mass is 406 g/mol. The number of nitrogens with zero attached hydrogens (tertiary/aromatic N) is 1. The molecule has 0 aliphatic heterocycles. The molecule has 140 valence electrons. The molecule has 0 spiro atoms. The number of amides is 2. The SMILES string of the molecule is Cc1ccc(CNC(=O)Nc2c(Cl)cc(C(N)C(F)(F)F)cc2Cl)cn1. The maximum Gasteiger partial charge on any atom is 0.407 e. The Hall–Kier alpha value is -2.03. The molecule has 2 amide bonds. The Morgan fingerprint density at radius 1 is 1.27 bits per heavy atom. The van der Waals surface area contributed by atoms with Gasteiger partial charge in [0.2, 0.25) is 0 Å². The standard InChI is InChI=1S/C16H15Cl2F3N4O/c1-8-2-3-9(6-23-8)7-24-15(26)25-13-11(17)4-10(5-12(13)18)14(22)16(19,20)21/h2-6,14H,7,22H2,1H3,(H2,24,25,26). The third-order valence-corrected chi connectivity index (χ3v) is 4.04. The van der Waals surface area contributed by atoms with Crippen LogP contribution in [0.25, 0.3) is 0 Å². The van der Waals surface area contributed by atoms with E-state index in [1.54, 1.807) is 18.3 Å². The number of pyridine rings is 1. The van der Waals surface area contributed by atoms with E-state index in [0.717, 1.165) is 23.4 Å². The van der Waals surface area contributed by atoms with Crippen LogP contribution in [-0.2, 0) is 6.54 Å². The molecular formula is C16H15Cl2F3N4O. The van der Waals surface area contributed by atoms with Gasteiger partial charge in [-0.3, -0.25) is 4.98 Å². The van der Waals surface area contributed by atoms with E-state index in [1.165, 1.54) is 0 Å². The molecule has 1 aromatic heterocycles. The molecule has 0 fully saturated rings. The average molecular weight is 407 g/mol. The van der Waals surface area contributed by atoms with Crippen LogP contribution in [-0.4, -0.2) is 17.2 Å². The molecule has 0 saturated carbocycles. The van der Waals surface area contributed by atoms with Crippen molar-refractivity contribution in [3.63, 3.8) is 0 Å². The Labute approximate surface area is 157 Å². The average Bonchev–Trinajstić information content (AvgIpc) is 2.56. The van der Waals surface area contributed by atoms with Crippen LogP contribution in [0.5, 0.6) is 0 Å². The summed E-state index contributed by atoms with van der Waals surface area (Å²) in [6.45, 7) is 2.04. The van der Waals surface area contributed by atoms with Crippen molar-refractivity contribution in [3.05, 3.63) is 57.3 Å². The normalized spacial score (nSPS) is 12.6. The number of anilines is 1. The highest BCUT2D eigenvalue weighted by atomic mass is 35.5. The van der Waals surface area contributed by atoms with Crippen LogP contribution in [0.2, 0.25) is 10.0 Å². The zero-order chi connectivity index (χ0) is 19.5. The number of carbonyl (C=O) groups is 1. The van der Waals surface area contributed by atoms with Gasteiger partial charge in [-0.2, -0.15) is 13.2 Å². The van der Waals surface area contributed by atoms with E-state index in [2.05, 4.69) is 15.6 Å². The van der Waals surface area contributed by atoms with Crippen molar-refractivity contribution in [1.82, 2.24) is 10.3 Å². The summed E-state index contributed by atoms with van der Waals surface area (Å²) in [5, 5.41) is 4.67. The van der Waals surface area contributed by atoms with Crippen molar-refractivity contribution >= 4 is 34.9 Å². The molecule has 26 heavy (non-hydrogen) atoms. The van der Waals surface area contributed by atoms with Gasteiger partial charge < -0.3 is 16.4 Å². The molecule has 0 radical (unpaired) electrons. The summed E-state index contributed by atoms with van der Waals surface area (Å²) >= 11 is 11.9. The predicted octanol–water partition coefficient (Wildman–Crippen LogP) is 4.58. The largest absolute Gasteiger partial charge is 0.407 e. The Balaban J connectivity index is 2.06. The minimum absolute atomic E-state index is 0.00834. The van der Waals surface area contributed by atoms with Gasteiger partial charge in [0.25, 0.3) is 0 Å². The first-order valence-corrected chi connectivity index (χ1v) is 8.11. The van der Waals surface area contributed by atoms with Crippen molar-refractivity contribution in [3.8, 4) is 0 Å². The summed E-state index contributed by atoms with van der Waals surface area (Å²) in [6, 6.07) is 2.79. The van der Waals surface area contributed by atoms with Crippen molar-refractivity contribution in [1.29, 1.82) is 0 Å². The lowest BCUT2D eigenvalue weighted by Crippen LogP contribution is -2.29. The molecule has 1 unspecified atom stereocenters. The summed E-state index contributed by atoms with van der Waals surface area (Å²) in [7, 11) is 0. The van der Waals surface area contributed by atoms with Crippen molar-refractivity contribution < 1.29 is 18.0 Å². The number of nitrogens with two attached hydrogens (primary N) is 1. The van der Waals surface area contributed by atoms with E-state index in [0.29, 0.717) is 0 Å². The first kappa shape index (κ1) is 20.3. The van der Waals surface area contributed by atoms with Crippen LogP contribution in [0.1, 0.15) is 22.9 Å². The quantitative estimate of drug-likeness (QED) is 0.694. The van der Waals surface area contributed by atoms with Crippen LogP contribution in [0.4, 0.5) is 23.7 Å². The number of hydrogen-bond acceptors (Lipinski definition) is 3. The van der Waals surface area contributed by atoms with Gasteiger partial charge in [0, 0.05) is 18.4 Å². The highest BCUT2D eigenvalue weighted by Crippen LogP contribution is 2.37. The maximum absolute atomic E-state index is 12.7. The van der Waals surface area contributed by atoms with E-state index in [4.69, 9.17) is 28.9 Å². The van der Waals surface area contributed by atoms with Gasteiger partial charge in [-0.15, -0.1) is 0 Å². The molecule has 2 aromatic rings. The minimum atomic E-state index is -4.64. The molecular weight excluding hydrogens is 392 g/mol. The Morgan fingerprint density at radius 3 is 2.38 bits per heavy atom. The lowest BCUT2D eigenvalue weighted by Gasteiger charge is -2.18. The molecule has 1 aromatic carbocycles. The molecule has 0 bridgehead atoms. The molecule has 0 aliphatic carbocycles. The third kappa shape index (κ3) is 5.23. The smallest absolute Gasteiger partial charge is 0.334 e. The fraction of sp³-hybridized carbons (Fsp3) is 0.250. The molecule has 5 nitrogen and oxygen atoms in total. The molecule has 4 N–H and O–H groups in total. The highest BCUT2D eigenvalue weighted by Gasteiger charge is 2.38. The van der Waals surface area contributed by atoms with Gasteiger partial charge in [-0.05, 0) is 36.2 Å². The number of aryl methyl sites for hydroxylation is 1. The Morgan fingerprint density at radius 2 is 1.88 bits per heavy atom. The van der Waals surface area contributed by atoms with Crippen LogP contribution >= 0.6 is 23.2 Å². The van der Waals surface area contributed by atoms with E-state index >= 15 is 0 Å². The molecule has 0 saturated heterocycles. The second-order valence-electron chi connectivity index (χ2n) is 5.49. The molecule has 0 aliphatic rings. The number of aromatic nitrogens is 1. The van der Waals surface area contributed by atoms with Crippen LogP contribution in [0.3, 0.4) is 0 Å². The Bertz CT molecular complexity index is 774. The summed E-state index contributed by atoms with van der Waals surface area (Å²) in [5.74, 6) is 0. The number of nitrogens with one attached hydrogen (secondary N) is 2. The van der Waals surface area contributed by atoms with Gasteiger partial charge in [-0.25, -0.2) is 4.79 Å². The van der Waals surface area contributed by atoms with Gasteiger partial charge >= 0.3 is 12.2 Å². The summed E-state index contributed by atoms with van der Waals surface area (Å²) in [6.07, 6.45) is -3.02. The molecule has 1 atom stereocenters. The number of rotatable bonds is 4. The van der Waals surface area contributed by atoms with Crippen LogP contribution in [0.15, 0.2) is 30.5 Å². The van der Waals surface area contributed by atoms with Crippen molar-refractivity contribution in [2.24, 2.45) is 5.73 Å². The van der Waals surface area contributed by atoms with Gasteiger partial charge in [0.15, 0.2) is 0 Å². The predicted molar refractivity (Wildman–Crippen MR) is 94.3 cm³/mol. The summed E-state index contributed by atoms with van der Waals surface area (Å²) < 4.78 is 38.1. The number of urea groups is 1. The fourth-order valence-electron chi connectivity index (χ4n) is 2.02. The second-order valence-corrected chi connectivity index (χ2v) is 6.31. The van der Waals surface area contributed by atoms with Crippen molar-refractivity contribution in [2.45, 2.75) is 25.7 Å². The molecule has 2 rings (SSSR count). The lowest BCUT2D eigenvalue weighted by atomic mass is 10.1. The number of carbonyl (C=O) groups excluding carboxylic acids is 1. The maximum atomic E-state index is 12.7. The first-order chi connectivity index (χ1) is 12.1. The second kappa shape index (κ2) is 8.11. The highest BCUT2D eigenvalue weighted by molar-refractivity contribution is 6.39. The molecule has 1 heterocycles.